The predicted octanol–water partition coefficient (Wildman–Crippen LogP) is 7.72. The molecule has 3 heterocycles. The molecule has 3 aromatic carbocycles. The first-order valence-electron chi connectivity index (χ1n) is 13.4. The van der Waals surface area contributed by atoms with Crippen molar-refractivity contribution in [3.05, 3.63) is 121 Å². The molecule has 41 heavy (non-hydrogen) atoms. The highest BCUT2D eigenvalue weighted by atomic mass is 32.1. The highest BCUT2D eigenvalue weighted by Gasteiger charge is 2.42. The van der Waals surface area contributed by atoms with Crippen LogP contribution < -0.4 is 24.4 Å². The summed E-state index contributed by atoms with van der Waals surface area (Å²) >= 11 is 5.87. The van der Waals surface area contributed by atoms with Gasteiger partial charge in [0.1, 0.15) is 40.6 Å². The quantitative estimate of drug-likeness (QED) is 0.183. The van der Waals surface area contributed by atoms with Crippen LogP contribution in [0.25, 0.3) is 11.3 Å². The summed E-state index contributed by atoms with van der Waals surface area (Å²) in [4.78, 5) is 6.71. The van der Waals surface area contributed by atoms with Gasteiger partial charge in [-0.25, -0.2) is 0 Å². The molecule has 7 nitrogen and oxygen atoms in total. The number of anilines is 1. The number of aromatic nitrogens is 1. The number of ether oxygens (including phenoxy) is 3. The molecule has 0 amide bonds. The lowest BCUT2D eigenvalue weighted by Gasteiger charge is -2.26. The molecule has 0 aliphatic carbocycles. The van der Waals surface area contributed by atoms with Gasteiger partial charge in [-0.3, -0.25) is 4.98 Å². The van der Waals surface area contributed by atoms with E-state index in [9.17, 15) is 0 Å². The molecule has 6 rings (SSSR count). The lowest BCUT2D eigenvalue weighted by Crippen LogP contribution is -2.29. The van der Waals surface area contributed by atoms with Crippen molar-refractivity contribution in [3.8, 4) is 34.3 Å². The molecule has 0 unspecified atom stereocenters. The fraction of sp³-hybridized carbons (Fsp3) is 0.152. The predicted molar refractivity (Wildman–Crippen MR) is 163 cm³/mol. The third-order valence-electron chi connectivity index (χ3n) is 6.88. The largest absolute Gasteiger partial charge is 0.497 e. The monoisotopic (exact) mass is 563 g/mol. The Morgan fingerprint density at radius 3 is 2.17 bits per heavy atom. The summed E-state index contributed by atoms with van der Waals surface area (Å²) in [6.45, 7) is 2.59. The van der Waals surface area contributed by atoms with Gasteiger partial charge in [-0.2, -0.15) is 0 Å². The van der Waals surface area contributed by atoms with E-state index in [0.29, 0.717) is 17.5 Å². The van der Waals surface area contributed by atoms with Gasteiger partial charge in [0.05, 0.1) is 25.5 Å². The molecule has 0 saturated carbocycles. The van der Waals surface area contributed by atoms with Crippen LogP contribution in [0.2, 0.25) is 0 Å². The van der Waals surface area contributed by atoms with Crippen LogP contribution in [0.3, 0.4) is 0 Å². The van der Waals surface area contributed by atoms with Crippen molar-refractivity contribution in [2.45, 2.75) is 19.0 Å². The number of hydrogen-bond donors (Lipinski definition) is 1. The van der Waals surface area contributed by atoms with Crippen molar-refractivity contribution in [1.29, 1.82) is 0 Å². The van der Waals surface area contributed by atoms with Gasteiger partial charge in [0.25, 0.3) is 0 Å². The standard InChI is InChI=1S/C33H29N3O4S/c1-3-38-25-11-7-22(8-12-25)29-19-20-30(40-29)32-31(28-6-4-5-21-34-28)35-33(41)36(32)23-9-13-26(14-10-23)39-27-17-15-24(37-2)16-18-27/h4-21,31-32H,3H2,1-2H3,(H,35,41)/t31-,32+/m1/s1. The molecule has 1 saturated heterocycles. The normalized spacial score (nSPS) is 16.3. The molecule has 1 fully saturated rings. The summed E-state index contributed by atoms with van der Waals surface area (Å²) in [5.74, 6) is 4.58. The summed E-state index contributed by atoms with van der Waals surface area (Å²) in [7, 11) is 1.64. The van der Waals surface area contributed by atoms with Gasteiger partial charge < -0.3 is 28.8 Å². The Hall–Kier alpha value is -4.82. The maximum Gasteiger partial charge on any atom is 0.174 e. The zero-order valence-electron chi connectivity index (χ0n) is 22.7. The molecule has 8 heteroatoms. The highest BCUT2D eigenvalue weighted by Crippen LogP contribution is 2.43. The maximum absolute atomic E-state index is 6.48. The van der Waals surface area contributed by atoms with Gasteiger partial charge in [0, 0.05) is 17.4 Å². The van der Waals surface area contributed by atoms with E-state index in [-0.39, 0.29) is 12.1 Å². The highest BCUT2D eigenvalue weighted by molar-refractivity contribution is 7.80. The van der Waals surface area contributed by atoms with Gasteiger partial charge in [0.2, 0.25) is 0 Å². The lowest BCUT2D eigenvalue weighted by atomic mass is 10.0. The first-order chi connectivity index (χ1) is 20.1. The van der Waals surface area contributed by atoms with E-state index in [1.54, 1.807) is 13.3 Å². The first-order valence-corrected chi connectivity index (χ1v) is 13.8. The number of nitrogens with zero attached hydrogens (tertiary/aromatic N) is 2. The Labute approximate surface area is 244 Å². The SMILES string of the molecule is CCOc1ccc(-c2ccc([C@H]3[C@@H](c4ccccn4)NC(=S)N3c3ccc(Oc4ccc(OC)cc4)cc3)o2)cc1. The smallest absolute Gasteiger partial charge is 0.174 e. The van der Waals surface area contributed by atoms with Crippen LogP contribution in [0, 0.1) is 0 Å². The van der Waals surface area contributed by atoms with Crippen molar-refractivity contribution in [2.24, 2.45) is 0 Å². The van der Waals surface area contributed by atoms with E-state index in [2.05, 4.69) is 15.2 Å². The van der Waals surface area contributed by atoms with E-state index >= 15 is 0 Å². The van der Waals surface area contributed by atoms with Gasteiger partial charge >= 0.3 is 0 Å². The van der Waals surface area contributed by atoms with Crippen LogP contribution in [-0.4, -0.2) is 23.8 Å². The summed E-state index contributed by atoms with van der Waals surface area (Å²) < 4.78 is 23.3. The third kappa shape index (κ3) is 5.60. The second-order valence-electron chi connectivity index (χ2n) is 9.43. The van der Waals surface area contributed by atoms with E-state index in [0.717, 1.165) is 45.7 Å². The van der Waals surface area contributed by atoms with Gasteiger partial charge in [-0.1, -0.05) is 6.07 Å². The van der Waals surface area contributed by atoms with Gasteiger partial charge in [0.15, 0.2) is 5.11 Å². The Morgan fingerprint density at radius 1 is 0.829 bits per heavy atom. The van der Waals surface area contributed by atoms with Crippen LogP contribution in [-0.2, 0) is 0 Å². The molecule has 0 radical (unpaired) electrons. The zero-order valence-corrected chi connectivity index (χ0v) is 23.5. The average molecular weight is 564 g/mol. The van der Waals surface area contributed by atoms with E-state index in [1.165, 1.54) is 0 Å². The zero-order chi connectivity index (χ0) is 28.2. The summed E-state index contributed by atoms with van der Waals surface area (Å²) in [5.41, 5.74) is 2.75. The minimum absolute atomic E-state index is 0.210. The molecular weight excluding hydrogens is 534 g/mol. The molecule has 206 valence electrons. The molecule has 1 aliphatic rings. The lowest BCUT2D eigenvalue weighted by molar-refractivity contribution is 0.340. The second-order valence-corrected chi connectivity index (χ2v) is 9.81. The number of rotatable bonds is 9. The van der Waals surface area contributed by atoms with E-state index in [4.69, 9.17) is 30.8 Å². The fourth-order valence-electron chi connectivity index (χ4n) is 4.93. The number of methoxy groups -OCH3 is 1. The van der Waals surface area contributed by atoms with Crippen molar-refractivity contribution in [1.82, 2.24) is 10.3 Å². The van der Waals surface area contributed by atoms with Crippen molar-refractivity contribution in [3.63, 3.8) is 0 Å². The third-order valence-corrected chi connectivity index (χ3v) is 7.19. The average Bonchev–Trinajstić information content (AvgIpc) is 3.64. The van der Waals surface area contributed by atoms with Crippen LogP contribution in [0.4, 0.5) is 5.69 Å². The van der Waals surface area contributed by atoms with Crippen molar-refractivity contribution >= 4 is 23.0 Å². The topological polar surface area (TPSA) is 69.0 Å². The molecule has 2 aromatic heterocycles. The Balaban J connectivity index is 1.30. The van der Waals surface area contributed by atoms with Crippen LogP contribution in [0.5, 0.6) is 23.0 Å². The number of thiocarbonyl (C=S) groups is 1. The minimum Gasteiger partial charge on any atom is -0.497 e. The molecule has 0 spiro atoms. The molecule has 1 N–H and O–H groups in total. The van der Waals surface area contributed by atoms with E-state index in [1.807, 2.05) is 110 Å². The van der Waals surface area contributed by atoms with Crippen LogP contribution in [0.15, 0.2) is 114 Å². The number of nitrogens with one attached hydrogen (secondary N) is 1. The number of benzene rings is 3. The Morgan fingerprint density at radius 2 is 1.51 bits per heavy atom. The van der Waals surface area contributed by atoms with Crippen molar-refractivity contribution in [2.75, 3.05) is 18.6 Å². The molecule has 5 aromatic rings. The molecular formula is C33H29N3O4S. The van der Waals surface area contributed by atoms with Gasteiger partial charge in [-0.15, -0.1) is 0 Å². The summed E-state index contributed by atoms with van der Waals surface area (Å²) in [5, 5.41) is 4.07. The molecule has 0 bridgehead atoms. The number of pyridine rings is 1. The summed E-state index contributed by atoms with van der Waals surface area (Å²) in [6, 6.07) is 32.7. The Kier molecular flexibility index (Phi) is 7.56. The maximum atomic E-state index is 6.48. The van der Waals surface area contributed by atoms with Crippen LogP contribution >= 0.6 is 12.2 Å². The number of furan rings is 1. The van der Waals surface area contributed by atoms with Crippen LogP contribution in [0.1, 0.15) is 30.5 Å². The minimum atomic E-state index is -0.262. The van der Waals surface area contributed by atoms with Crippen molar-refractivity contribution < 1.29 is 18.6 Å². The second kappa shape index (κ2) is 11.7. The van der Waals surface area contributed by atoms with E-state index < -0.39 is 0 Å². The molecule has 2 atom stereocenters. The molecule has 1 aliphatic heterocycles. The van der Waals surface area contributed by atoms with Gasteiger partial charge in [-0.05, 0) is 116 Å². The number of hydrogen-bond acceptors (Lipinski definition) is 6. The first kappa shape index (κ1) is 26.4. The fourth-order valence-corrected chi connectivity index (χ4v) is 5.27. The Bertz CT molecular complexity index is 1600. The summed E-state index contributed by atoms with van der Waals surface area (Å²) in [6.07, 6.45) is 1.79.